The van der Waals surface area contributed by atoms with E-state index in [9.17, 15) is 28.8 Å². The Balaban J connectivity index is 1.38. The largest absolute Gasteiger partial charge is 0.347 e. The fourth-order valence-corrected chi connectivity index (χ4v) is 8.01. The van der Waals surface area contributed by atoms with Crippen LogP contribution < -0.4 is 21.3 Å². The number of hydrogen-bond acceptors (Lipinski definition) is 8. The molecule has 13 heteroatoms. The van der Waals surface area contributed by atoms with E-state index >= 15 is 0 Å². The first-order chi connectivity index (χ1) is 23.9. The first-order valence-electron chi connectivity index (χ1n) is 18.7. The number of fused-ring (bicyclic) bond motifs is 1. The average molecular weight is 694 g/mol. The predicted molar refractivity (Wildman–Crippen MR) is 185 cm³/mol. The summed E-state index contributed by atoms with van der Waals surface area (Å²) < 4.78 is 0. The molecule has 1 aromatic rings. The van der Waals surface area contributed by atoms with Gasteiger partial charge < -0.3 is 26.2 Å². The maximum Gasteiger partial charge on any atom is 0.289 e. The predicted octanol–water partition coefficient (Wildman–Crippen LogP) is 2.98. The van der Waals surface area contributed by atoms with Crippen molar-refractivity contribution in [2.24, 2.45) is 17.3 Å². The molecule has 1 saturated heterocycles. The Hall–Kier alpha value is -3.90. The second-order valence-corrected chi connectivity index (χ2v) is 15.8. The SMILES string of the molecule is CCCC(NC(=O)[C@H]1C[C@@H]2CCCC[C@@H]2N1C(=O)[C@@H](NC(=O)[C@@H](NC(=O)c1cnccn1)C1CCCCC1)C(C)(C)C)C(=O)C(=O)NC1CC1. The van der Waals surface area contributed by atoms with Gasteiger partial charge in [-0.2, -0.15) is 0 Å². The van der Waals surface area contributed by atoms with Crippen LogP contribution in [0.4, 0.5) is 0 Å². The van der Waals surface area contributed by atoms with E-state index in [1.807, 2.05) is 27.7 Å². The zero-order chi connectivity index (χ0) is 36.0. The lowest BCUT2D eigenvalue weighted by atomic mass is 9.81. The molecule has 4 aliphatic rings. The van der Waals surface area contributed by atoms with Crippen LogP contribution in [0.5, 0.6) is 0 Å². The fraction of sp³-hybridized carbons (Fsp3) is 0.730. The van der Waals surface area contributed by atoms with E-state index in [0.717, 1.165) is 70.6 Å². The molecule has 1 aliphatic heterocycles. The number of nitrogens with one attached hydrogen (secondary N) is 4. The highest BCUT2D eigenvalue weighted by Crippen LogP contribution is 2.41. The number of aromatic nitrogens is 2. The van der Waals surface area contributed by atoms with Gasteiger partial charge in [0.15, 0.2) is 0 Å². The lowest BCUT2D eigenvalue weighted by Crippen LogP contribution is -2.63. The second-order valence-electron chi connectivity index (χ2n) is 15.8. The van der Waals surface area contributed by atoms with Crippen molar-refractivity contribution in [3.05, 3.63) is 24.3 Å². The van der Waals surface area contributed by atoms with E-state index in [0.29, 0.717) is 19.3 Å². The van der Waals surface area contributed by atoms with E-state index < -0.39 is 59.0 Å². The van der Waals surface area contributed by atoms with Gasteiger partial charge in [0, 0.05) is 24.5 Å². The molecule has 50 heavy (non-hydrogen) atoms. The number of rotatable bonds is 13. The number of ketones is 1. The highest BCUT2D eigenvalue weighted by molar-refractivity contribution is 6.38. The molecule has 0 aromatic carbocycles. The molecule has 5 rings (SSSR count). The van der Waals surface area contributed by atoms with Crippen LogP contribution >= 0.6 is 0 Å². The molecule has 4 fully saturated rings. The van der Waals surface area contributed by atoms with Crippen molar-refractivity contribution in [1.29, 1.82) is 0 Å². The molecule has 2 heterocycles. The lowest BCUT2D eigenvalue weighted by Gasteiger charge is -2.40. The summed E-state index contributed by atoms with van der Waals surface area (Å²) in [4.78, 5) is 91.9. The molecule has 13 nitrogen and oxygen atoms in total. The first kappa shape index (κ1) is 37.4. The maximum atomic E-state index is 14.8. The molecule has 3 aliphatic carbocycles. The van der Waals surface area contributed by atoms with E-state index in [2.05, 4.69) is 31.2 Å². The molecule has 1 aromatic heterocycles. The van der Waals surface area contributed by atoms with Gasteiger partial charge in [0.1, 0.15) is 23.8 Å². The van der Waals surface area contributed by atoms with E-state index in [-0.39, 0.29) is 35.5 Å². The summed E-state index contributed by atoms with van der Waals surface area (Å²) in [5, 5.41) is 11.5. The highest BCUT2D eigenvalue weighted by atomic mass is 16.2. The molecule has 6 atom stereocenters. The monoisotopic (exact) mass is 693 g/mol. The van der Waals surface area contributed by atoms with Gasteiger partial charge in [0.25, 0.3) is 11.8 Å². The zero-order valence-electron chi connectivity index (χ0n) is 30.0. The number of likely N-dealkylation sites (tertiary alicyclic amines) is 1. The molecule has 0 radical (unpaired) electrons. The molecular weight excluding hydrogens is 638 g/mol. The van der Waals surface area contributed by atoms with E-state index in [4.69, 9.17) is 0 Å². The molecule has 3 saturated carbocycles. The van der Waals surface area contributed by atoms with Crippen molar-refractivity contribution in [1.82, 2.24) is 36.1 Å². The number of carbonyl (C=O) groups excluding carboxylic acids is 6. The Morgan fingerprint density at radius 2 is 1.58 bits per heavy atom. The third-order valence-electron chi connectivity index (χ3n) is 10.9. The van der Waals surface area contributed by atoms with Crippen molar-refractivity contribution < 1.29 is 28.8 Å². The number of hydrogen-bond donors (Lipinski definition) is 4. The van der Waals surface area contributed by atoms with E-state index in [1.165, 1.54) is 18.6 Å². The third-order valence-corrected chi connectivity index (χ3v) is 10.9. The van der Waals surface area contributed by atoms with Crippen LogP contribution in [0.1, 0.15) is 128 Å². The van der Waals surface area contributed by atoms with Crippen molar-refractivity contribution in [3.8, 4) is 0 Å². The van der Waals surface area contributed by atoms with Gasteiger partial charge in [0.2, 0.25) is 23.5 Å². The Kier molecular flexibility index (Phi) is 12.3. The van der Waals surface area contributed by atoms with E-state index in [1.54, 1.807) is 4.90 Å². The minimum Gasteiger partial charge on any atom is -0.347 e. The van der Waals surface area contributed by atoms with Crippen LogP contribution in [0.15, 0.2) is 18.6 Å². The number of nitrogens with zero attached hydrogens (tertiary/aromatic N) is 3. The third kappa shape index (κ3) is 9.06. The van der Waals surface area contributed by atoms with Crippen LogP contribution in [0.3, 0.4) is 0 Å². The smallest absolute Gasteiger partial charge is 0.289 e. The number of amides is 5. The lowest BCUT2D eigenvalue weighted by molar-refractivity contribution is -0.147. The fourth-order valence-electron chi connectivity index (χ4n) is 8.01. The highest BCUT2D eigenvalue weighted by Gasteiger charge is 2.51. The quantitative estimate of drug-likeness (QED) is 0.228. The van der Waals surface area contributed by atoms with Gasteiger partial charge in [-0.3, -0.25) is 33.8 Å². The van der Waals surface area contributed by atoms with Crippen molar-refractivity contribution in [2.45, 2.75) is 154 Å². The topological polar surface area (TPSA) is 180 Å². The van der Waals surface area contributed by atoms with Gasteiger partial charge >= 0.3 is 0 Å². The second kappa shape index (κ2) is 16.4. The normalized spacial score (nSPS) is 24.2. The Morgan fingerprint density at radius 1 is 0.880 bits per heavy atom. The molecule has 5 amide bonds. The summed E-state index contributed by atoms with van der Waals surface area (Å²) in [6, 6.07) is -3.89. The first-order valence-corrected chi connectivity index (χ1v) is 18.7. The summed E-state index contributed by atoms with van der Waals surface area (Å²) in [5.74, 6) is -3.12. The van der Waals surface area contributed by atoms with Crippen molar-refractivity contribution in [2.75, 3.05) is 0 Å². The minimum atomic E-state index is -0.997. The molecule has 0 bridgehead atoms. The van der Waals surface area contributed by atoms with Crippen LogP contribution in [0, 0.1) is 17.3 Å². The van der Waals surface area contributed by atoms with Gasteiger partial charge in [-0.15, -0.1) is 0 Å². The molecule has 0 spiro atoms. The molecule has 4 N–H and O–H groups in total. The maximum absolute atomic E-state index is 14.8. The van der Waals surface area contributed by atoms with Gasteiger partial charge in [-0.25, -0.2) is 4.98 Å². The van der Waals surface area contributed by atoms with Crippen LogP contribution in [-0.4, -0.2) is 86.4 Å². The zero-order valence-corrected chi connectivity index (χ0v) is 30.0. The Labute approximate surface area is 295 Å². The van der Waals surface area contributed by atoms with Gasteiger partial charge in [-0.05, 0) is 68.6 Å². The van der Waals surface area contributed by atoms with Crippen molar-refractivity contribution >= 4 is 35.3 Å². The summed E-state index contributed by atoms with van der Waals surface area (Å²) in [5.41, 5.74) is -0.641. The van der Waals surface area contributed by atoms with Crippen LogP contribution in [-0.2, 0) is 24.0 Å². The van der Waals surface area contributed by atoms with Crippen molar-refractivity contribution in [3.63, 3.8) is 0 Å². The number of carbonyl (C=O) groups is 6. The molecular formula is C37H55N7O6. The average Bonchev–Trinajstić information content (AvgIpc) is 3.84. The number of Topliss-reactive ketones (excluding diaryl/α,β-unsaturated/α-hetero) is 1. The minimum absolute atomic E-state index is 0.0121. The summed E-state index contributed by atoms with van der Waals surface area (Å²) in [6.07, 6.45) is 15.3. The standard InChI is InChI=1S/C37H55N7O6/c1-5-11-25(30(45)35(49)40-24-16-17-24)41-33(47)28-20-23-14-9-10-15-27(23)44(28)36(50)31(37(2,3)4)43-34(48)29(22-12-7-6-8-13-22)42-32(46)26-21-38-18-19-39-26/h18-19,21-25,27-29,31H,5-17,20H2,1-4H3,(H,40,49)(H,41,47)(H,42,46)(H,43,48)/t23-,25?,27-,28+,29-,31+/m0/s1. The summed E-state index contributed by atoms with van der Waals surface area (Å²) >= 11 is 0. The van der Waals surface area contributed by atoms with Crippen LogP contribution in [0.2, 0.25) is 0 Å². The Bertz CT molecular complexity index is 1400. The molecule has 274 valence electrons. The summed E-state index contributed by atoms with van der Waals surface area (Å²) in [6.45, 7) is 7.52. The van der Waals surface area contributed by atoms with Crippen LogP contribution in [0.25, 0.3) is 0 Å². The summed E-state index contributed by atoms with van der Waals surface area (Å²) in [7, 11) is 0. The molecule has 1 unspecified atom stereocenters. The Morgan fingerprint density at radius 3 is 2.22 bits per heavy atom. The van der Waals surface area contributed by atoms with Gasteiger partial charge in [-0.1, -0.05) is 66.2 Å². The van der Waals surface area contributed by atoms with Gasteiger partial charge in [0.05, 0.1) is 12.2 Å².